The highest BCUT2D eigenvalue weighted by atomic mass is 16.6. The van der Waals surface area contributed by atoms with Crippen LogP contribution in [0.3, 0.4) is 0 Å². The molecule has 1 atom stereocenters. The molecule has 2 heterocycles. The van der Waals surface area contributed by atoms with Gasteiger partial charge in [-0.25, -0.2) is 4.79 Å². The Morgan fingerprint density at radius 2 is 1.69 bits per heavy atom. The third kappa shape index (κ3) is 5.49. The van der Waals surface area contributed by atoms with Gasteiger partial charge in [-0.2, -0.15) is 0 Å². The molecule has 1 aliphatic rings. The minimum atomic E-state index is -0.619. The predicted molar refractivity (Wildman–Crippen MR) is 133 cm³/mol. The van der Waals surface area contributed by atoms with Gasteiger partial charge >= 0.3 is 5.97 Å². The van der Waals surface area contributed by atoms with Gasteiger partial charge in [0.25, 0.3) is 0 Å². The van der Waals surface area contributed by atoms with Gasteiger partial charge in [0.1, 0.15) is 11.4 Å². The maximum absolute atomic E-state index is 13.5. The van der Waals surface area contributed by atoms with Crippen molar-refractivity contribution in [2.24, 2.45) is 10.9 Å². The van der Waals surface area contributed by atoms with Crippen molar-refractivity contribution in [3.8, 4) is 0 Å². The molecular weight excluding hydrogens is 458 g/mol. The minimum Gasteiger partial charge on any atom is -0.460 e. The maximum atomic E-state index is 13.5. The van der Waals surface area contributed by atoms with Crippen molar-refractivity contribution in [3.63, 3.8) is 0 Å². The van der Waals surface area contributed by atoms with E-state index < -0.39 is 11.9 Å². The number of ether oxygens (including phenoxy) is 1. The molecule has 1 unspecified atom stereocenters. The predicted octanol–water partition coefficient (Wildman–Crippen LogP) is 4.43. The van der Waals surface area contributed by atoms with E-state index in [2.05, 4.69) is 15.5 Å². The topological polar surface area (TPSA) is 111 Å². The second-order valence-electron chi connectivity index (χ2n) is 8.33. The van der Waals surface area contributed by atoms with Crippen molar-refractivity contribution in [3.05, 3.63) is 101 Å². The average Bonchev–Trinajstić information content (AvgIpc) is 3.33. The van der Waals surface area contributed by atoms with Gasteiger partial charge in [-0.3, -0.25) is 14.6 Å². The largest absolute Gasteiger partial charge is 0.460 e. The number of esters is 1. The van der Waals surface area contributed by atoms with Crippen LogP contribution in [0.4, 0.5) is 0 Å². The van der Waals surface area contributed by atoms with Crippen LogP contribution in [-0.4, -0.2) is 35.1 Å². The zero-order valence-electron chi connectivity index (χ0n) is 20.1. The normalized spacial score (nSPS) is 15.6. The fourth-order valence-electron chi connectivity index (χ4n) is 4.14. The number of aromatic nitrogens is 1. The molecule has 1 aromatic heterocycles. The van der Waals surface area contributed by atoms with E-state index >= 15 is 0 Å². The van der Waals surface area contributed by atoms with Crippen LogP contribution in [0, 0.1) is 5.92 Å². The Bertz CT molecular complexity index is 1260. The smallest absolute Gasteiger partial charge is 0.377 e. The lowest BCUT2D eigenvalue weighted by Gasteiger charge is -2.19. The van der Waals surface area contributed by atoms with E-state index in [4.69, 9.17) is 9.26 Å². The Morgan fingerprint density at radius 1 is 1.06 bits per heavy atom. The standard InChI is InChI=1S/C28H27N3O5/c1-3-18-15-23(32)22(17-29-26(18)21-16-24(36-31-21)28(34)35-4-2)30-27(33)25(19-11-7-5-8-12-19)20-13-9-6-10-14-20/h5-14,16-18,25H,3-4,15H2,1-2H3,(H,30,33). The number of nitrogens with zero attached hydrogens (tertiary/aromatic N) is 2. The van der Waals surface area contributed by atoms with Crippen molar-refractivity contribution in [1.82, 2.24) is 10.5 Å². The molecule has 0 spiro atoms. The van der Waals surface area contributed by atoms with Crippen LogP contribution in [-0.2, 0) is 14.3 Å². The number of benzene rings is 2. The number of carbonyl (C=O) groups excluding carboxylic acids is 3. The van der Waals surface area contributed by atoms with Crippen LogP contribution in [0.1, 0.15) is 60.0 Å². The van der Waals surface area contributed by atoms with Gasteiger partial charge in [-0.1, -0.05) is 72.7 Å². The van der Waals surface area contributed by atoms with Crippen molar-refractivity contribution >= 4 is 23.4 Å². The Kier molecular flexibility index (Phi) is 7.85. The number of allylic oxidation sites excluding steroid dienone is 1. The molecule has 1 amide bonds. The summed E-state index contributed by atoms with van der Waals surface area (Å²) < 4.78 is 10.1. The van der Waals surface area contributed by atoms with E-state index in [1.807, 2.05) is 67.6 Å². The number of carbonyl (C=O) groups is 3. The molecule has 36 heavy (non-hydrogen) atoms. The number of hydrogen-bond acceptors (Lipinski definition) is 7. The summed E-state index contributed by atoms with van der Waals surface area (Å²) in [7, 11) is 0. The monoisotopic (exact) mass is 485 g/mol. The quantitative estimate of drug-likeness (QED) is 0.473. The molecule has 3 aromatic rings. The van der Waals surface area contributed by atoms with Gasteiger partial charge in [-0.15, -0.1) is 0 Å². The third-order valence-corrected chi connectivity index (χ3v) is 5.98. The van der Waals surface area contributed by atoms with Crippen LogP contribution in [0.2, 0.25) is 0 Å². The lowest BCUT2D eigenvalue weighted by atomic mass is 9.90. The van der Waals surface area contributed by atoms with Crippen LogP contribution < -0.4 is 5.32 Å². The molecule has 0 aliphatic carbocycles. The lowest BCUT2D eigenvalue weighted by molar-refractivity contribution is -0.123. The summed E-state index contributed by atoms with van der Waals surface area (Å²) in [5.74, 6) is -2.08. The number of rotatable bonds is 8. The zero-order chi connectivity index (χ0) is 25.5. The van der Waals surface area contributed by atoms with Crippen molar-refractivity contribution in [1.29, 1.82) is 0 Å². The Hall–Kier alpha value is -4.33. The molecule has 0 bridgehead atoms. The molecule has 1 N–H and O–H groups in total. The summed E-state index contributed by atoms with van der Waals surface area (Å²) in [6.07, 6.45) is 2.10. The minimum absolute atomic E-state index is 0.0361. The third-order valence-electron chi connectivity index (χ3n) is 5.98. The molecule has 0 saturated carbocycles. The van der Waals surface area contributed by atoms with E-state index in [1.54, 1.807) is 6.92 Å². The second-order valence-corrected chi connectivity index (χ2v) is 8.33. The van der Waals surface area contributed by atoms with Crippen LogP contribution >= 0.6 is 0 Å². The second kappa shape index (κ2) is 11.4. The Labute approximate surface area is 209 Å². The van der Waals surface area contributed by atoms with E-state index in [1.165, 1.54) is 12.3 Å². The summed E-state index contributed by atoms with van der Waals surface area (Å²) in [6.45, 7) is 3.84. The zero-order valence-corrected chi connectivity index (χ0v) is 20.1. The van der Waals surface area contributed by atoms with Crippen molar-refractivity contribution < 1.29 is 23.6 Å². The van der Waals surface area contributed by atoms with Gasteiger partial charge in [0.15, 0.2) is 5.78 Å². The number of Topliss-reactive ketones (excluding diaryl/α,β-unsaturated/α-hetero) is 1. The number of nitrogens with one attached hydrogen (secondary N) is 1. The molecule has 1 aliphatic heterocycles. The Morgan fingerprint density at radius 3 is 2.28 bits per heavy atom. The average molecular weight is 486 g/mol. The van der Waals surface area contributed by atoms with Crippen LogP contribution in [0.5, 0.6) is 0 Å². The first-order valence-corrected chi connectivity index (χ1v) is 11.9. The molecule has 0 saturated heterocycles. The van der Waals surface area contributed by atoms with E-state index in [0.717, 1.165) is 11.1 Å². The first kappa shape index (κ1) is 24.8. The fourth-order valence-corrected chi connectivity index (χ4v) is 4.14. The summed E-state index contributed by atoms with van der Waals surface area (Å²) >= 11 is 0. The number of amides is 1. The number of aliphatic imine (C=N–C) groups is 1. The maximum Gasteiger partial charge on any atom is 0.377 e. The SMILES string of the molecule is CCOC(=O)c1cc(C2=NC=C(NC(=O)C(c3ccccc3)c3ccccc3)C(=O)CC2CC)no1. The van der Waals surface area contributed by atoms with E-state index in [0.29, 0.717) is 17.8 Å². The summed E-state index contributed by atoms with van der Waals surface area (Å²) in [6, 6.07) is 20.3. The fraction of sp³-hybridized carbons (Fsp3) is 0.250. The molecule has 2 aromatic carbocycles. The van der Waals surface area contributed by atoms with Crippen LogP contribution in [0.25, 0.3) is 0 Å². The van der Waals surface area contributed by atoms with E-state index in [9.17, 15) is 14.4 Å². The summed E-state index contributed by atoms with van der Waals surface area (Å²) in [5.41, 5.74) is 2.60. The van der Waals surface area contributed by atoms with Crippen LogP contribution in [0.15, 0.2) is 88.1 Å². The van der Waals surface area contributed by atoms with Gasteiger partial charge in [-0.05, 0) is 24.5 Å². The molecule has 8 nitrogen and oxygen atoms in total. The summed E-state index contributed by atoms with van der Waals surface area (Å²) in [5, 5.41) is 6.78. The molecule has 0 radical (unpaired) electrons. The molecule has 0 fully saturated rings. The first-order valence-electron chi connectivity index (χ1n) is 11.9. The first-order chi connectivity index (χ1) is 17.5. The summed E-state index contributed by atoms with van der Waals surface area (Å²) in [4.78, 5) is 43.1. The van der Waals surface area contributed by atoms with Gasteiger partial charge in [0, 0.05) is 18.4 Å². The van der Waals surface area contributed by atoms with Gasteiger partial charge in [0.2, 0.25) is 11.7 Å². The highest BCUT2D eigenvalue weighted by molar-refractivity contribution is 6.09. The van der Waals surface area contributed by atoms with Gasteiger partial charge in [0.05, 0.1) is 24.4 Å². The lowest BCUT2D eigenvalue weighted by Crippen LogP contribution is -2.33. The number of ketones is 1. The molecule has 184 valence electrons. The Balaban J connectivity index is 1.63. The molecular formula is C28H27N3O5. The van der Waals surface area contributed by atoms with E-state index in [-0.39, 0.29) is 42.1 Å². The highest BCUT2D eigenvalue weighted by Gasteiger charge is 2.30. The molecule has 4 rings (SSSR count). The van der Waals surface area contributed by atoms with Crippen molar-refractivity contribution in [2.45, 2.75) is 32.6 Å². The molecule has 8 heteroatoms. The highest BCUT2D eigenvalue weighted by Crippen LogP contribution is 2.27. The van der Waals surface area contributed by atoms with Crippen molar-refractivity contribution in [2.75, 3.05) is 6.61 Å². The van der Waals surface area contributed by atoms with Gasteiger partial charge < -0.3 is 14.6 Å². The number of hydrogen-bond donors (Lipinski definition) is 1.